The normalized spacial score (nSPS) is 17.5. The van der Waals surface area contributed by atoms with E-state index in [-0.39, 0.29) is 5.91 Å². The number of hydrogen-bond donors (Lipinski definition) is 3. The molecule has 1 aliphatic heterocycles. The van der Waals surface area contributed by atoms with Gasteiger partial charge >= 0.3 is 0 Å². The minimum absolute atomic E-state index is 0.0286. The van der Waals surface area contributed by atoms with Crippen LogP contribution in [-0.4, -0.2) is 24.9 Å². The van der Waals surface area contributed by atoms with Crippen molar-refractivity contribution in [1.82, 2.24) is 5.32 Å². The molecule has 0 spiro atoms. The van der Waals surface area contributed by atoms with Gasteiger partial charge in [0.15, 0.2) is 0 Å². The highest BCUT2D eigenvalue weighted by Gasteiger charge is 2.22. The van der Waals surface area contributed by atoms with Gasteiger partial charge in [-0.05, 0) is 80.2 Å². The molecule has 1 saturated heterocycles. The molecule has 0 bridgehead atoms. The number of amides is 2. The SMILES string of the molecule is CC(CC(=O)Nc1ccc(Oc2cccc(C(N)=O)c2)cc1)C1CCCNC1. The molecule has 6 nitrogen and oxygen atoms in total. The third-order valence-electron chi connectivity index (χ3n) is 5.14. The molecule has 4 N–H and O–H groups in total. The maximum absolute atomic E-state index is 12.3. The van der Waals surface area contributed by atoms with E-state index in [9.17, 15) is 9.59 Å². The third kappa shape index (κ3) is 5.57. The van der Waals surface area contributed by atoms with Crippen LogP contribution in [0.1, 0.15) is 36.5 Å². The molecule has 0 aromatic heterocycles. The highest BCUT2D eigenvalue weighted by atomic mass is 16.5. The van der Waals surface area contributed by atoms with Gasteiger partial charge < -0.3 is 21.1 Å². The fraction of sp³-hybridized carbons (Fsp3) is 0.364. The second-order valence-electron chi connectivity index (χ2n) is 7.35. The van der Waals surface area contributed by atoms with Crippen LogP contribution >= 0.6 is 0 Å². The van der Waals surface area contributed by atoms with Crippen molar-refractivity contribution < 1.29 is 14.3 Å². The Balaban J connectivity index is 1.53. The van der Waals surface area contributed by atoms with Crippen LogP contribution in [0.5, 0.6) is 11.5 Å². The molecule has 0 saturated carbocycles. The van der Waals surface area contributed by atoms with E-state index >= 15 is 0 Å². The van der Waals surface area contributed by atoms with Crippen molar-refractivity contribution in [3.05, 3.63) is 54.1 Å². The molecule has 0 aliphatic carbocycles. The summed E-state index contributed by atoms with van der Waals surface area (Å²) < 4.78 is 5.75. The number of piperidine rings is 1. The quantitative estimate of drug-likeness (QED) is 0.684. The summed E-state index contributed by atoms with van der Waals surface area (Å²) in [6.07, 6.45) is 2.88. The Labute approximate surface area is 165 Å². The zero-order chi connectivity index (χ0) is 19.9. The lowest BCUT2D eigenvalue weighted by Gasteiger charge is -2.28. The van der Waals surface area contributed by atoms with Gasteiger partial charge in [-0.2, -0.15) is 0 Å². The van der Waals surface area contributed by atoms with Crippen molar-refractivity contribution in [3.63, 3.8) is 0 Å². The molecule has 0 radical (unpaired) electrons. The molecule has 2 atom stereocenters. The Kier molecular flexibility index (Phi) is 6.66. The first kappa shape index (κ1) is 19.9. The monoisotopic (exact) mass is 381 g/mol. The van der Waals surface area contributed by atoms with Gasteiger partial charge in [0.2, 0.25) is 11.8 Å². The molecule has 148 valence electrons. The second-order valence-corrected chi connectivity index (χ2v) is 7.35. The molecule has 2 aromatic carbocycles. The first-order chi connectivity index (χ1) is 13.5. The number of primary amides is 1. The molecule has 2 amide bonds. The van der Waals surface area contributed by atoms with E-state index in [1.807, 2.05) is 0 Å². The summed E-state index contributed by atoms with van der Waals surface area (Å²) in [4.78, 5) is 23.6. The maximum Gasteiger partial charge on any atom is 0.248 e. The van der Waals surface area contributed by atoms with E-state index in [1.165, 1.54) is 12.8 Å². The minimum Gasteiger partial charge on any atom is -0.457 e. The van der Waals surface area contributed by atoms with Crippen LogP contribution in [-0.2, 0) is 4.79 Å². The van der Waals surface area contributed by atoms with E-state index in [0.717, 1.165) is 18.8 Å². The second kappa shape index (κ2) is 9.37. The van der Waals surface area contributed by atoms with Gasteiger partial charge in [0.25, 0.3) is 0 Å². The smallest absolute Gasteiger partial charge is 0.248 e. The standard InChI is InChI=1S/C22H27N3O3/c1-15(17-5-3-11-24-14-17)12-21(26)25-18-7-9-19(10-8-18)28-20-6-2-4-16(13-20)22(23)27/h2,4,6-10,13,15,17,24H,3,5,11-12,14H2,1H3,(H2,23,27)(H,25,26). The number of hydrogen-bond acceptors (Lipinski definition) is 4. The highest BCUT2D eigenvalue weighted by Crippen LogP contribution is 2.25. The van der Waals surface area contributed by atoms with E-state index in [2.05, 4.69) is 17.6 Å². The zero-order valence-electron chi connectivity index (χ0n) is 16.1. The fourth-order valence-corrected chi connectivity index (χ4v) is 3.49. The average molecular weight is 381 g/mol. The van der Waals surface area contributed by atoms with Crippen LogP contribution in [0.4, 0.5) is 5.69 Å². The van der Waals surface area contributed by atoms with Gasteiger partial charge in [0.1, 0.15) is 11.5 Å². The lowest BCUT2D eigenvalue weighted by molar-refractivity contribution is -0.117. The summed E-state index contributed by atoms with van der Waals surface area (Å²) in [7, 11) is 0. The number of nitrogens with two attached hydrogens (primary N) is 1. The predicted molar refractivity (Wildman–Crippen MR) is 109 cm³/mol. The van der Waals surface area contributed by atoms with E-state index in [4.69, 9.17) is 10.5 Å². The van der Waals surface area contributed by atoms with Gasteiger partial charge in [0, 0.05) is 17.7 Å². The van der Waals surface area contributed by atoms with Gasteiger partial charge in [-0.3, -0.25) is 9.59 Å². The Morgan fingerprint density at radius 1 is 1.21 bits per heavy atom. The van der Waals surface area contributed by atoms with Crippen LogP contribution in [0.25, 0.3) is 0 Å². The van der Waals surface area contributed by atoms with Crippen molar-refractivity contribution >= 4 is 17.5 Å². The maximum atomic E-state index is 12.3. The number of rotatable bonds is 7. The third-order valence-corrected chi connectivity index (χ3v) is 5.14. The number of carbonyl (C=O) groups excluding carboxylic acids is 2. The molecule has 2 unspecified atom stereocenters. The Morgan fingerprint density at radius 3 is 2.68 bits per heavy atom. The van der Waals surface area contributed by atoms with Crippen LogP contribution in [0.3, 0.4) is 0 Å². The van der Waals surface area contributed by atoms with Crippen molar-refractivity contribution in [3.8, 4) is 11.5 Å². The van der Waals surface area contributed by atoms with Crippen molar-refractivity contribution in [1.29, 1.82) is 0 Å². The average Bonchev–Trinajstić information content (AvgIpc) is 2.70. The van der Waals surface area contributed by atoms with Crippen molar-refractivity contribution in [2.24, 2.45) is 17.6 Å². The zero-order valence-corrected chi connectivity index (χ0v) is 16.1. The lowest BCUT2D eigenvalue weighted by atomic mass is 9.85. The van der Waals surface area contributed by atoms with E-state index < -0.39 is 5.91 Å². The molecule has 3 rings (SSSR count). The minimum atomic E-state index is -0.498. The predicted octanol–water partition coefficient (Wildman–Crippen LogP) is 3.54. The largest absolute Gasteiger partial charge is 0.457 e. The Hall–Kier alpha value is -2.86. The van der Waals surface area contributed by atoms with Crippen LogP contribution in [0.2, 0.25) is 0 Å². The summed E-state index contributed by atoms with van der Waals surface area (Å²) in [5.41, 5.74) is 6.41. The number of ether oxygens (including phenoxy) is 1. The van der Waals surface area contributed by atoms with Crippen LogP contribution in [0, 0.1) is 11.8 Å². The van der Waals surface area contributed by atoms with Gasteiger partial charge in [-0.25, -0.2) is 0 Å². The molecule has 6 heteroatoms. The van der Waals surface area contributed by atoms with E-state index in [0.29, 0.717) is 35.3 Å². The summed E-state index contributed by atoms with van der Waals surface area (Å²) in [6, 6.07) is 13.9. The van der Waals surface area contributed by atoms with Gasteiger partial charge in [-0.15, -0.1) is 0 Å². The van der Waals surface area contributed by atoms with Gasteiger partial charge in [-0.1, -0.05) is 13.0 Å². The van der Waals surface area contributed by atoms with Gasteiger partial charge in [0.05, 0.1) is 0 Å². The molecular weight excluding hydrogens is 354 g/mol. The fourth-order valence-electron chi connectivity index (χ4n) is 3.49. The number of benzene rings is 2. The summed E-state index contributed by atoms with van der Waals surface area (Å²) >= 11 is 0. The summed E-state index contributed by atoms with van der Waals surface area (Å²) in [5.74, 6) is 1.59. The molecule has 28 heavy (non-hydrogen) atoms. The van der Waals surface area contributed by atoms with Crippen molar-refractivity contribution in [2.75, 3.05) is 18.4 Å². The van der Waals surface area contributed by atoms with Crippen LogP contribution < -0.4 is 21.1 Å². The lowest BCUT2D eigenvalue weighted by Crippen LogP contribution is -2.34. The van der Waals surface area contributed by atoms with Crippen molar-refractivity contribution in [2.45, 2.75) is 26.2 Å². The number of anilines is 1. The highest BCUT2D eigenvalue weighted by molar-refractivity contribution is 5.93. The topological polar surface area (TPSA) is 93.4 Å². The first-order valence-electron chi connectivity index (χ1n) is 9.69. The number of nitrogens with one attached hydrogen (secondary N) is 2. The first-order valence-corrected chi connectivity index (χ1v) is 9.69. The molecule has 1 fully saturated rings. The summed E-state index contributed by atoms with van der Waals surface area (Å²) in [6.45, 7) is 4.22. The Bertz CT molecular complexity index is 814. The van der Waals surface area contributed by atoms with Crippen LogP contribution in [0.15, 0.2) is 48.5 Å². The number of carbonyl (C=O) groups is 2. The molecule has 1 aliphatic rings. The Morgan fingerprint density at radius 2 is 2.00 bits per heavy atom. The molecule has 2 aromatic rings. The molecule has 1 heterocycles. The molecular formula is C22H27N3O3. The summed E-state index contributed by atoms with van der Waals surface area (Å²) in [5, 5.41) is 6.35. The van der Waals surface area contributed by atoms with E-state index in [1.54, 1.807) is 48.5 Å².